The Morgan fingerprint density at radius 2 is 1.81 bits per heavy atom. The zero-order chi connectivity index (χ0) is 22.9. The van der Waals surface area contributed by atoms with Crippen LogP contribution in [0.2, 0.25) is 5.02 Å². The van der Waals surface area contributed by atoms with Crippen LogP contribution in [0.15, 0.2) is 53.4 Å². The normalized spacial score (nSPS) is 17.1. The second-order valence-corrected chi connectivity index (χ2v) is 11.2. The number of hydrogen-bond donors (Lipinski definition) is 1. The topological polar surface area (TPSA) is 92.3 Å². The lowest BCUT2D eigenvalue weighted by Gasteiger charge is -2.22. The lowest BCUT2D eigenvalue weighted by Crippen LogP contribution is -2.30. The Hall–Kier alpha value is -2.33. The molecule has 0 saturated carbocycles. The summed E-state index contributed by atoms with van der Waals surface area (Å²) in [6.07, 6.45) is 1.36. The Balaban J connectivity index is 1.53. The quantitative estimate of drug-likeness (QED) is 0.519. The van der Waals surface area contributed by atoms with E-state index < -0.39 is 22.0 Å². The number of rotatable bonds is 6. The second kappa shape index (κ2) is 9.27. The smallest absolute Gasteiger partial charge is 0.286 e. The van der Waals surface area contributed by atoms with Crippen molar-refractivity contribution in [1.29, 1.82) is 0 Å². The van der Waals surface area contributed by atoms with Crippen LogP contribution in [0.3, 0.4) is 0 Å². The summed E-state index contributed by atoms with van der Waals surface area (Å²) < 4.78 is 28.1. The molecule has 2 heterocycles. The number of nitrogens with zero attached hydrogens (tertiary/aromatic N) is 3. The van der Waals surface area contributed by atoms with E-state index in [2.05, 4.69) is 29.4 Å². The summed E-state index contributed by atoms with van der Waals surface area (Å²) in [5.74, 6) is -0.0714. The molecule has 1 aliphatic rings. The van der Waals surface area contributed by atoms with Crippen LogP contribution in [0.25, 0.3) is 0 Å². The summed E-state index contributed by atoms with van der Waals surface area (Å²) >= 11 is 6.99. The molecule has 1 atom stereocenters. The van der Waals surface area contributed by atoms with E-state index in [1.54, 1.807) is 36.4 Å². The number of hydrogen-bond acceptors (Lipinski definition) is 6. The van der Waals surface area contributed by atoms with E-state index in [1.807, 2.05) is 12.1 Å². The van der Waals surface area contributed by atoms with Crippen molar-refractivity contribution < 1.29 is 13.2 Å². The fraction of sp³-hybridized carbons (Fsp3) is 0.318. The largest absolute Gasteiger partial charge is 0.320 e. The molecule has 32 heavy (non-hydrogen) atoms. The van der Waals surface area contributed by atoms with Crippen LogP contribution in [-0.4, -0.2) is 35.4 Å². The highest BCUT2D eigenvalue weighted by atomic mass is 35.5. The minimum absolute atomic E-state index is 0.181. The maximum atomic E-state index is 13.3. The molecule has 0 spiro atoms. The monoisotopic (exact) mass is 490 g/mol. The molecule has 2 aromatic carbocycles. The van der Waals surface area contributed by atoms with Gasteiger partial charge in [-0.1, -0.05) is 48.9 Å². The number of carbonyl (C=O) groups excluding carboxylic acids is 1. The molecular formula is C22H23ClN4O3S2. The molecule has 0 aliphatic carbocycles. The standard InChI is InChI=1S/C22H23ClN4O3S2/c1-14(2)15-5-11-18(12-6-15)32(29,30)27-13-3-4-19(27)21-25-26-22(31-21)20(28)24-17-9-7-16(23)8-10-17/h5-12,14,19H,3-4,13H2,1-2H3,(H,24,28)/t19-/m0/s1. The number of sulfonamides is 1. The van der Waals surface area contributed by atoms with Crippen LogP contribution in [0.5, 0.6) is 0 Å². The van der Waals surface area contributed by atoms with Crippen molar-refractivity contribution in [3.8, 4) is 0 Å². The maximum absolute atomic E-state index is 13.3. The van der Waals surface area contributed by atoms with E-state index in [1.165, 1.54) is 4.31 Å². The molecule has 1 N–H and O–H groups in total. The number of amides is 1. The molecule has 7 nitrogen and oxygen atoms in total. The van der Waals surface area contributed by atoms with Gasteiger partial charge in [0.05, 0.1) is 10.9 Å². The molecule has 10 heteroatoms. The van der Waals surface area contributed by atoms with Crippen molar-refractivity contribution in [2.45, 2.75) is 43.5 Å². The number of halogens is 1. The third kappa shape index (κ3) is 4.71. The van der Waals surface area contributed by atoms with Crippen LogP contribution < -0.4 is 5.32 Å². The summed E-state index contributed by atoms with van der Waals surface area (Å²) in [5.41, 5.74) is 1.67. The van der Waals surface area contributed by atoms with E-state index in [0.29, 0.717) is 34.6 Å². The van der Waals surface area contributed by atoms with Crippen LogP contribution >= 0.6 is 22.9 Å². The van der Waals surface area contributed by atoms with Crippen molar-refractivity contribution in [3.63, 3.8) is 0 Å². The van der Waals surface area contributed by atoms with Gasteiger partial charge in [-0.15, -0.1) is 10.2 Å². The Bertz CT molecular complexity index is 1210. The Kier molecular flexibility index (Phi) is 6.62. The number of aromatic nitrogens is 2. The van der Waals surface area contributed by atoms with Crippen molar-refractivity contribution in [3.05, 3.63) is 69.1 Å². The summed E-state index contributed by atoms with van der Waals surface area (Å²) in [6, 6.07) is 13.3. The van der Waals surface area contributed by atoms with Crippen LogP contribution in [-0.2, 0) is 10.0 Å². The number of nitrogens with one attached hydrogen (secondary N) is 1. The molecule has 168 valence electrons. The predicted molar refractivity (Wildman–Crippen MR) is 126 cm³/mol. The maximum Gasteiger partial charge on any atom is 0.286 e. The molecule has 0 unspecified atom stereocenters. The van der Waals surface area contributed by atoms with Gasteiger partial charge in [0, 0.05) is 17.3 Å². The van der Waals surface area contributed by atoms with Gasteiger partial charge >= 0.3 is 0 Å². The summed E-state index contributed by atoms with van der Waals surface area (Å²) in [4.78, 5) is 12.8. The first-order valence-corrected chi connectivity index (χ1v) is 12.9. The first-order chi connectivity index (χ1) is 15.3. The first-order valence-electron chi connectivity index (χ1n) is 10.3. The van der Waals surface area contributed by atoms with Crippen molar-refractivity contribution >= 4 is 44.6 Å². The molecule has 1 fully saturated rings. The summed E-state index contributed by atoms with van der Waals surface area (Å²) in [7, 11) is -3.68. The second-order valence-electron chi connectivity index (χ2n) is 7.90. The molecule has 0 bridgehead atoms. The lowest BCUT2D eigenvalue weighted by atomic mass is 10.0. The minimum atomic E-state index is -3.68. The van der Waals surface area contributed by atoms with Gasteiger partial charge in [0.1, 0.15) is 5.01 Å². The van der Waals surface area contributed by atoms with Gasteiger partial charge < -0.3 is 5.32 Å². The van der Waals surface area contributed by atoms with Gasteiger partial charge in [-0.05, 0) is 60.7 Å². The van der Waals surface area contributed by atoms with Crippen LogP contribution in [0.4, 0.5) is 5.69 Å². The van der Waals surface area contributed by atoms with Crippen LogP contribution in [0.1, 0.15) is 59.0 Å². The van der Waals surface area contributed by atoms with E-state index in [4.69, 9.17) is 11.6 Å². The summed E-state index contributed by atoms with van der Waals surface area (Å²) in [5, 5.41) is 12.2. The van der Waals surface area contributed by atoms with Gasteiger partial charge in [0.2, 0.25) is 15.0 Å². The average Bonchev–Trinajstić information content (AvgIpc) is 3.45. The highest BCUT2D eigenvalue weighted by Crippen LogP contribution is 2.38. The Morgan fingerprint density at radius 3 is 2.47 bits per heavy atom. The van der Waals surface area contributed by atoms with Gasteiger partial charge in [0.25, 0.3) is 5.91 Å². The van der Waals surface area contributed by atoms with Gasteiger partial charge in [0.15, 0.2) is 0 Å². The molecular weight excluding hydrogens is 468 g/mol. The van der Waals surface area contributed by atoms with Crippen LogP contribution in [0, 0.1) is 0 Å². The molecule has 1 saturated heterocycles. The Labute approximate surface area is 196 Å². The van der Waals surface area contributed by atoms with Crippen molar-refractivity contribution in [2.75, 3.05) is 11.9 Å². The molecule has 1 amide bonds. The molecule has 1 aromatic heterocycles. The van der Waals surface area contributed by atoms with E-state index in [9.17, 15) is 13.2 Å². The molecule has 1 aliphatic heterocycles. The van der Waals surface area contributed by atoms with Crippen molar-refractivity contribution in [2.24, 2.45) is 0 Å². The number of benzene rings is 2. The van der Waals surface area contributed by atoms with Gasteiger partial charge in [-0.3, -0.25) is 4.79 Å². The molecule has 4 rings (SSSR count). The molecule has 3 aromatic rings. The van der Waals surface area contributed by atoms with Gasteiger partial charge in [-0.2, -0.15) is 4.31 Å². The average molecular weight is 491 g/mol. The number of anilines is 1. The predicted octanol–water partition coefficient (Wildman–Crippen LogP) is 5.09. The SMILES string of the molecule is CC(C)c1ccc(S(=O)(=O)N2CCC[C@H]2c2nnc(C(=O)Nc3ccc(Cl)cc3)s2)cc1. The minimum Gasteiger partial charge on any atom is -0.320 e. The van der Waals surface area contributed by atoms with E-state index >= 15 is 0 Å². The van der Waals surface area contributed by atoms with E-state index in [0.717, 1.165) is 23.3 Å². The lowest BCUT2D eigenvalue weighted by molar-refractivity contribution is 0.102. The fourth-order valence-corrected chi connectivity index (χ4v) is 6.35. The first kappa shape index (κ1) is 22.8. The molecule has 0 radical (unpaired) electrons. The third-order valence-electron chi connectivity index (χ3n) is 5.38. The Morgan fingerprint density at radius 1 is 1.12 bits per heavy atom. The fourth-order valence-electron chi connectivity index (χ4n) is 3.61. The van der Waals surface area contributed by atoms with Gasteiger partial charge in [-0.25, -0.2) is 8.42 Å². The highest BCUT2D eigenvalue weighted by Gasteiger charge is 2.38. The summed E-state index contributed by atoms with van der Waals surface area (Å²) in [6.45, 7) is 4.54. The van der Waals surface area contributed by atoms with E-state index in [-0.39, 0.29) is 9.90 Å². The van der Waals surface area contributed by atoms with Crippen molar-refractivity contribution in [1.82, 2.24) is 14.5 Å². The third-order valence-corrected chi connectivity index (χ3v) is 8.58. The highest BCUT2D eigenvalue weighted by molar-refractivity contribution is 7.89. The zero-order valence-corrected chi connectivity index (χ0v) is 20.0. The zero-order valence-electron chi connectivity index (χ0n) is 17.7. The number of carbonyl (C=O) groups is 1.